The number of phenols is 1. The SMILES string of the molecule is CN(C)CCN1C(=O)C(=O)/C(=C(\O)c2ccc([N+](=O)[O-])cc2)C1c1ccc(O)cc1. The van der Waals surface area contributed by atoms with E-state index in [-0.39, 0.29) is 29.1 Å². The molecule has 0 aromatic heterocycles. The summed E-state index contributed by atoms with van der Waals surface area (Å²) in [5.41, 5.74) is 0.482. The Labute approximate surface area is 172 Å². The van der Waals surface area contributed by atoms with Crippen LogP contribution < -0.4 is 0 Å². The number of likely N-dealkylation sites (N-methyl/N-ethyl adjacent to an activating group) is 1. The number of nitro groups is 1. The van der Waals surface area contributed by atoms with Crippen molar-refractivity contribution in [2.45, 2.75) is 6.04 Å². The van der Waals surface area contributed by atoms with Crippen molar-refractivity contribution in [3.8, 4) is 5.75 Å². The first-order valence-corrected chi connectivity index (χ1v) is 9.17. The molecule has 0 spiro atoms. The van der Waals surface area contributed by atoms with Crippen LogP contribution in [0.2, 0.25) is 0 Å². The van der Waals surface area contributed by atoms with Gasteiger partial charge in [-0.1, -0.05) is 12.1 Å². The van der Waals surface area contributed by atoms with Crippen molar-refractivity contribution in [2.24, 2.45) is 0 Å². The second kappa shape index (κ2) is 8.34. The number of carbonyl (C=O) groups is 2. The molecule has 1 aliphatic heterocycles. The lowest BCUT2D eigenvalue weighted by atomic mass is 9.95. The number of Topliss-reactive ketones (excluding diaryl/α,β-unsaturated/α-hetero) is 1. The minimum absolute atomic E-state index is 0.0272. The first-order chi connectivity index (χ1) is 14.2. The van der Waals surface area contributed by atoms with Gasteiger partial charge in [0.05, 0.1) is 16.5 Å². The number of benzene rings is 2. The van der Waals surface area contributed by atoms with Crippen LogP contribution in [0.1, 0.15) is 17.2 Å². The molecule has 1 saturated heterocycles. The van der Waals surface area contributed by atoms with Gasteiger partial charge < -0.3 is 20.0 Å². The zero-order valence-corrected chi connectivity index (χ0v) is 16.5. The fraction of sp³-hybridized carbons (Fsp3) is 0.238. The summed E-state index contributed by atoms with van der Waals surface area (Å²) in [4.78, 5) is 39.1. The molecule has 1 fully saturated rings. The van der Waals surface area contributed by atoms with E-state index in [1.807, 2.05) is 19.0 Å². The van der Waals surface area contributed by atoms with Crippen LogP contribution >= 0.6 is 0 Å². The second-order valence-corrected chi connectivity index (χ2v) is 7.19. The Hall–Kier alpha value is -3.72. The summed E-state index contributed by atoms with van der Waals surface area (Å²) in [5, 5.41) is 31.3. The number of hydrogen-bond donors (Lipinski definition) is 2. The topological polar surface area (TPSA) is 124 Å². The predicted octanol–water partition coefficient (Wildman–Crippen LogP) is 2.28. The first-order valence-electron chi connectivity index (χ1n) is 9.17. The Kier molecular flexibility index (Phi) is 5.84. The fourth-order valence-electron chi connectivity index (χ4n) is 3.32. The van der Waals surface area contributed by atoms with Gasteiger partial charge in [-0.3, -0.25) is 19.7 Å². The molecular formula is C21H21N3O6. The number of nitrogens with zero attached hydrogens (tertiary/aromatic N) is 3. The maximum atomic E-state index is 12.8. The summed E-state index contributed by atoms with van der Waals surface area (Å²) in [6.45, 7) is 0.749. The zero-order valence-electron chi connectivity index (χ0n) is 16.5. The van der Waals surface area contributed by atoms with Gasteiger partial charge in [0.1, 0.15) is 11.5 Å². The van der Waals surface area contributed by atoms with E-state index in [9.17, 15) is 29.9 Å². The van der Waals surface area contributed by atoms with E-state index in [4.69, 9.17) is 0 Å². The van der Waals surface area contributed by atoms with Gasteiger partial charge in [0, 0.05) is 30.8 Å². The predicted molar refractivity (Wildman–Crippen MR) is 109 cm³/mol. The number of aliphatic hydroxyl groups is 1. The number of non-ortho nitro benzene ring substituents is 1. The van der Waals surface area contributed by atoms with Gasteiger partial charge in [-0.15, -0.1) is 0 Å². The van der Waals surface area contributed by atoms with Gasteiger partial charge in [0.25, 0.3) is 17.4 Å². The molecule has 0 bridgehead atoms. The highest BCUT2D eigenvalue weighted by Gasteiger charge is 2.45. The average molecular weight is 411 g/mol. The van der Waals surface area contributed by atoms with Crippen molar-refractivity contribution >= 4 is 23.1 Å². The molecular weight excluding hydrogens is 390 g/mol. The third-order valence-electron chi connectivity index (χ3n) is 4.89. The highest BCUT2D eigenvalue weighted by atomic mass is 16.6. The number of hydrogen-bond acceptors (Lipinski definition) is 7. The van der Waals surface area contributed by atoms with E-state index in [0.29, 0.717) is 12.1 Å². The number of aliphatic hydroxyl groups excluding tert-OH is 1. The lowest BCUT2D eigenvalue weighted by molar-refractivity contribution is -0.384. The van der Waals surface area contributed by atoms with Crippen LogP contribution in [0.15, 0.2) is 54.1 Å². The van der Waals surface area contributed by atoms with Gasteiger partial charge in [-0.2, -0.15) is 0 Å². The lowest BCUT2D eigenvalue weighted by Crippen LogP contribution is -2.35. The standard InChI is InChI=1S/C21H21N3O6/c1-22(2)11-12-23-18(13-5-9-16(25)10-6-13)17(20(27)21(23)28)19(26)14-3-7-15(8-4-14)24(29)30/h3-10,18,25-26H,11-12H2,1-2H3/b19-17-. The molecule has 30 heavy (non-hydrogen) atoms. The number of phenolic OH excluding ortho intramolecular Hbond substituents is 1. The third kappa shape index (κ3) is 4.01. The molecule has 0 radical (unpaired) electrons. The average Bonchev–Trinajstić information content (AvgIpc) is 2.97. The zero-order chi connectivity index (χ0) is 22.0. The van der Waals surface area contributed by atoms with E-state index in [2.05, 4.69) is 0 Å². The molecule has 1 atom stereocenters. The maximum absolute atomic E-state index is 12.8. The minimum Gasteiger partial charge on any atom is -0.508 e. The van der Waals surface area contributed by atoms with Crippen LogP contribution in [0.5, 0.6) is 5.75 Å². The fourth-order valence-corrected chi connectivity index (χ4v) is 3.32. The molecule has 1 unspecified atom stereocenters. The van der Waals surface area contributed by atoms with Crippen LogP contribution in [0.25, 0.3) is 5.76 Å². The molecule has 3 rings (SSSR count). The quantitative estimate of drug-likeness (QED) is 0.246. The summed E-state index contributed by atoms with van der Waals surface area (Å²) in [6, 6.07) is 10.3. The van der Waals surface area contributed by atoms with Crippen molar-refractivity contribution in [3.63, 3.8) is 0 Å². The van der Waals surface area contributed by atoms with E-state index >= 15 is 0 Å². The largest absolute Gasteiger partial charge is 0.508 e. The molecule has 2 aromatic carbocycles. The van der Waals surface area contributed by atoms with Crippen molar-refractivity contribution in [1.29, 1.82) is 0 Å². The van der Waals surface area contributed by atoms with Crippen LogP contribution in [-0.4, -0.2) is 63.8 Å². The van der Waals surface area contributed by atoms with E-state index in [1.165, 1.54) is 41.3 Å². The molecule has 2 aromatic rings. The van der Waals surface area contributed by atoms with Crippen LogP contribution in [-0.2, 0) is 9.59 Å². The Balaban J connectivity index is 2.12. The van der Waals surface area contributed by atoms with E-state index in [0.717, 1.165) is 0 Å². The normalized spacial score (nSPS) is 18.2. The first kappa shape index (κ1) is 21.0. The summed E-state index contributed by atoms with van der Waals surface area (Å²) in [5.74, 6) is -1.95. The Morgan fingerprint density at radius 1 is 1.10 bits per heavy atom. The minimum atomic E-state index is -0.847. The summed E-state index contributed by atoms with van der Waals surface area (Å²) >= 11 is 0. The number of carbonyl (C=O) groups excluding carboxylic acids is 2. The maximum Gasteiger partial charge on any atom is 0.295 e. The van der Waals surface area contributed by atoms with Gasteiger partial charge in [-0.25, -0.2) is 0 Å². The summed E-state index contributed by atoms with van der Waals surface area (Å²) in [7, 11) is 3.67. The van der Waals surface area contributed by atoms with Gasteiger partial charge in [0.15, 0.2) is 0 Å². The molecule has 1 amide bonds. The van der Waals surface area contributed by atoms with Crippen molar-refractivity contribution in [3.05, 3.63) is 75.3 Å². The molecule has 9 nitrogen and oxygen atoms in total. The Bertz CT molecular complexity index is 1010. The van der Waals surface area contributed by atoms with Crippen molar-refractivity contribution in [1.82, 2.24) is 9.80 Å². The highest BCUT2D eigenvalue weighted by molar-refractivity contribution is 6.46. The third-order valence-corrected chi connectivity index (χ3v) is 4.89. The van der Waals surface area contributed by atoms with Crippen molar-refractivity contribution in [2.75, 3.05) is 27.2 Å². The molecule has 1 aliphatic rings. The van der Waals surface area contributed by atoms with Crippen LogP contribution in [0.3, 0.4) is 0 Å². The number of likely N-dealkylation sites (tertiary alicyclic amines) is 1. The van der Waals surface area contributed by atoms with Crippen LogP contribution in [0, 0.1) is 10.1 Å². The molecule has 156 valence electrons. The number of amides is 1. The number of rotatable bonds is 6. The summed E-state index contributed by atoms with van der Waals surface area (Å²) in [6.07, 6.45) is 0. The molecule has 2 N–H and O–H groups in total. The van der Waals surface area contributed by atoms with Gasteiger partial charge in [0.2, 0.25) is 0 Å². The Morgan fingerprint density at radius 3 is 2.23 bits per heavy atom. The van der Waals surface area contributed by atoms with Crippen molar-refractivity contribution < 1.29 is 24.7 Å². The lowest BCUT2D eigenvalue weighted by Gasteiger charge is -2.26. The van der Waals surface area contributed by atoms with E-state index < -0.39 is 28.4 Å². The molecule has 9 heteroatoms. The smallest absolute Gasteiger partial charge is 0.295 e. The number of nitro benzene ring substituents is 1. The number of ketones is 1. The highest BCUT2D eigenvalue weighted by Crippen LogP contribution is 2.39. The van der Waals surface area contributed by atoms with E-state index in [1.54, 1.807) is 12.1 Å². The van der Waals surface area contributed by atoms with Crippen LogP contribution in [0.4, 0.5) is 5.69 Å². The second-order valence-electron chi connectivity index (χ2n) is 7.19. The summed E-state index contributed by atoms with van der Waals surface area (Å²) < 4.78 is 0. The Morgan fingerprint density at radius 2 is 1.70 bits per heavy atom. The molecule has 1 heterocycles. The molecule has 0 saturated carbocycles. The van der Waals surface area contributed by atoms with Gasteiger partial charge >= 0.3 is 0 Å². The monoisotopic (exact) mass is 411 g/mol. The number of aromatic hydroxyl groups is 1. The van der Waals surface area contributed by atoms with Gasteiger partial charge in [-0.05, 0) is 43.9 Å². The molecule has 0 aliphatic carbocycles.